The van der Waals surface area contributed by atoms with Crippen LogP contribution in [0.3, 0.4) is 0 Å². The van der Waals surface area contributed by atoms with Gasteiger partial charge in [0.2, 0.25) is 0 Å². The van der Waals surface area contributed by atoms with E-state index in [2.05, 4.69) is 10.5 Å². The van der Waals surface area contributed by atoms with Crippen molar-refractivity contribution in [1.82, 2.24) is 5.43 Å². The molecule has 0 aromatic heterocycles. The maximum atomic E-state index is 13.5. The molecule has 0 spiro atoms. The van der Waals surface area contributed by atoms with Gasteiger partial charge in [-0.1, -0.05) is 65.7 Å². The number of amides is 1. The smallest absolute Gasteiger partial charge is 0.264 e. The second-order valence-electron chi connectivity index (χ2n) is 9.01. The number of hydrazone groups is 1. The first-order valence-corrected chi connectivity index (χ1v) is 14.7. The summed E-state index contributed by atoms with van der Waals surface area (Å²) in [4.78, 5) is 12.9. The van der Waals surface area contributed by atoms with E-state index in [0.29, 0.717) is 35.3 Å². The summed E-state index contributed by atoms with van der Waals surface area (Å²) in [6.07, 6.45) is 1.44. The van der Waals surface area contributed by atoms with Crippen molar-refractivity contribution >= 4 is 39.4 Å². The molecule has 0 aliphatic heterocycles. The molecule has 0 unspecified atom stereocenters. The van der Waals surface area contributed by atoms with Gasteiger partial charge >= 0.3 is 0 Å². The maximum absolute atomic E-state index is 13.5. The Labute approximate surface area is 245 Å². The summed E-state index contributed by atoms with van der Waals surface area (Å²) < 4.78 is 39.7. The third kappa shape index (κ3) is 8.09. The maximum Gasteiger partial charge on any atom is 0.264 e. The van der Waals surface area contributed by atoms with E-state index >= 15 is 0 Å². The highest BCUT2D eigenvalue weighted by Gasteiger charge is 2.27. The van der Waals surface area contributed by atoms with Crippen molar-refractivity contribution in [2.45, 2.75) is 25.3 Å². The van der Waals surface area contributed by atoms with Crippen molar-refractivity contribution in [3.63, 3.8) is 0 Å². The number of ether oxygens (including phenoxy) is 2. The molecule has 10 heteroatoms. The van der Waals surface area contributed by atoms with Crippen LogP contribution in [0.2, 0.25) is 5.02 Å². The van der Waals surface area contributed by atoms with E-state index in [0.717, 1.165) is 15.4 Å². The average Bonchev–Trinajstić information content (AvgIpc) is 2.96. The molecule has 0 radical (unpaired) electrons. The molecule has 0 bridgehead atoms. The minimum Gasteiger partial charge on any atom is -0.490 e. The molecule has 0 heterocycles. The van der Waals surface area contributed by atoms with E-state index in [1.807, 2.05) is 44.2 Å². The Morgan fingerprint density at radius 1 is 0.927 bits per heavy atom. The first-order valence-electron chi connectivity index (χ1n) is 12.9. The van der Waals surface area contributed by atoms with E-state index in [1.165, 1.54) is 24.4 Å². The fourth-order valence-electron chi connectivity index (χ4n) is 3.86. The van der Waals surface area contributed by atoms with Crippen molar-refractivity contribution in [3.8, 4) is 11.5 Å². The van der Waals surface area contributed by atoms with E-state index in [9.17, 15) is 13.2 Å². The molecule has 41 heavy (non-hydrogen) atoms. The topological polar surface area (TPSA) is 97.3 Å². The highest BCUT2D eigenvalue weighted by Crippen LogP contribution is 2.29. The van der Waals surface area contributed by atoms with Crippen LogP contribution in [0.4, 0.5) is 5.69 Å². The van der Waals surface area contributed by atoms with Gasteiger partial charge in [-0.15, -0.1) is 0 Å². The standard InChI is InChI=1S/C31H30ClN3O5S/c1-3-39-30-18-25(14-17-29(30)40-22-24-8-5-4-6-9-24)20-33-34-31(36)21-35(27-11-7-10-26(32)19-27)41(37,38)28-15-12-23(2)13-16-28/h4-20H,3,21-22H2,1-2H3,(H,34,36)/b33-20-. The summed E-state index contributed by atoms with van der Waals surface area (Å²) in [6, 6.07) is 27.8. The summed E-state index contributed by atoms with van der Waals surface area (Å²) in [5.74, 6) is 0.482. The Kier molecular flexibility index (Phi) is 10.00. The first kappa shape index (κ1) is 29.6. The van der Waals surface area contributed by atoms with Crippen LogP contribution in [0.5, 0.6) is 11.5 Å². The van der Waals surface area contributed by atoms with E-state index in [-0.39, 0.29) is 10.6 Å². The first-order chi connectivity index (χ1) is 19.8. The summed E-state index contributed by atoms with van der Waals surface area (Å²) in [5.41, 5.74) is 5.26. The average molecular weight is 592 g/mol. The third-order valence-corrected chi connectivity index (χ3v) is 7.92. The summed E-state index contributed by atoms with van der Waals surface area (Å²) in [6.45, 7) is 4.05. The lowest BCUT2D eigenvalue weighted by Gasteiger charge is -2.24. The second-order valence-corrected chi connectivity index (χ2v) is 11.3. The highest BCUT2D eigenvalue weighted by atomic mass is 35.5. The molecule has 4 rings (SSSR count). The van der Waals surface area contributed by atoms with Gasteiger partial charge in [0.1, 0.15) is 13.2 Å². The lowest BCUT2D eigenvalue weighted by Crippen LogP contribution is -2.39. The molecular formula is C31H30ClN3O5S. The fraction of sp³-hybridized carbons (Fsp3) is 0.161. The van der Waals surface area contributed by atoms with Crippen molar-refractivity contribution < 1.29 is 22.7 Å². The van der Waals surface area contributed by atoms with Gasteiger partial charge < -0.3 is 9.47 Å². The van der Waals surface area contributed by atoms with Gasteiger partial charge in [-0.3, -0.25) is 9.10 Å². The summed E-state index contributed by atoms with van der Waals surface area (Å²) in [7, 11) is -4.07. The zero-order valence-electron chi connectivity index (χ0n) is 22.7. The number of benzene rings is 4. The van der Waals surface area contributed by atoms with E-state index < -0.39 is 22.5 Å². The zero-order valence-corrected chi connectivity index (χ0v) is 24.2. The number of aryl methyl sites for hydroxylation is 1. The second kappa shape index (κ2) is 13.8. The predicted molar refractivity (Wildman–Crippen MR) is 161 cm³/mol. The number of hydrogen-bond donors (Lipinski definition) is 1. The number of sulfonamides is 1. The van der Waals surface area contributed by atoms with Gasteiger partial charge in [-0.05, 0) is 73.5 Å². The molecule has 212 valence electrons. The van der Waals surface area contributed by atoms with Gasteiger partial charge in [0.15, 0.2) is 11.5 Å². The van der Waals surface area contributed by atoms with Gasteiger partial charge in [0.25, 0.3) is 15.9 Å². The van der Waals surface area contributed by atoms with Crippen LogP contribution in [-0.2, 0) is 21.4 Å². The number of rotatable bonds is 12. The molecule has 1 N–H and O–H groups in total. The van der Waals surface area contributed by atoms with Crippen molar-refractivity contribution in [2.24, 2.45) is 5.10 Å². The Balaban J connectivity index is 1.47. The Morgan fingerprint density at radius 2 is 1.68 bits per heavy atom. The number of hydrogen-bond acceptors (Lipinski definition) is 6. The zero-order chi connectivity index (χ0) is 29.2. The molecule has 0 aliphatic carbocycles. The minimum atomic E-state index is -4.07. The van der Waals surface area contributed by atoms with Crippen LogP contribution < -0.4 is 19.2 Å². The molecule has 8 nitrogen and oxygen atoms in total. The molecule has 0 saturated carbocycles. The van der Waals surface area contributed by atoms with Gasteiger partial charge in [-0.25, -0.2) is 13.8 Å². The number of halogens is 1. The monoisotopic (exact) mass is 591 g/mol. The lowest BCUT2D eigenvalue weighted by atomic mass is 10.2. The molecule has 0 saturated heterocycles. The van der Waals surface area contributed by atoms with Crippen molar-refractivity contribution in [2.75, 3.05) is 17.5 Å². The number of carbonyl (C=O) groups is 1. The Hall–Kier alpha value is -4.34. The molecule has 4 aromatic carbocycles. The highest BCUT2D eigenvalue weighted by molar-refractivity contribution is 7.92. The number of carbonyl (C=O) groups excluding carboxylic acids is 1. The number of anilines is 1. The van der Waals surface area contributed by atoms with Gasteiger partial charge in [0.05, 0.1) is 23.4 Å². The van der Waals surface area contributed by atoms with Crippen molar-refractivity contribution in [3.05, 3.63) is 119 Å². The summed E-state index contributed by atoms with van der Waals surface area (Å²) >= 11 is 6.13. The minimum absolute atomic E-state index is 0.0532. The lowest BCUT2D eigenvalue weighted by molar-refractivity contribution is -0.119. The molecule has 0 aliphatic rings. The SMILES string of the molecule is CCOc1cc(/C=N\NC(=O)CN(c2cccc(Cl)c2)S(=O)(=O)c2ccc(C)cc2)ccc1OCc1ccccc1. The number of nitrogens with one attached hydrogen (secondary N) is 1. The third-order valence-electron chi connectivity index (χ3n) is 5.90. The summed E-state index contributed by atoms with van der Waals surface area (Å²) in [5, 5.41) is 4.37. The molecule has 0 atom stereocenters. The largest absolute Gasteiger partial charge is 0.490 e. The molecule has 1 amide bonds. The van der Waals surface area contributed by atoms with Gasteiger partial charge in [0, 0.05) is 5.02 Å². The Bertz CT molecular complexity index is 1610. The van der Waals surface area contributed by atoms with E-state index in [1.54, 1.807) is 48.5 Å². The molecule has 0 fully saturated rings. The van der Waals surface area contributed by atoms with Crippen molar-refractivity contribution in [1.29, 1.82) is 0 Å². The van der Waals surface area contributed by atoms with Gasteiger partial charge in [-0.2, -0.15) is 5.10 Å². The molecule has 4 aromatic rings. The van der Waals surface area contributed by atoms with Crippen LogP contribution in [0.25, 0.3) is 0 Å². The Morgan fingerprint density at radius 3 is 2.39 bits per heavy atom. The van der Waals surface area contributed by atoms with Crippen LogP contribution in [0.1, 0.15) is 23.6 Å². The quantitative estimate of drug-likeness (QED) is 0.162. The van der Waals surface area contributed by atoms with Crippen LogP contribution in [0, 0.1) is 6.92 Å². The van der Waals surface area contributed by atoms with Crippen LogP contribution in [0.15, 0.2) is 107 Å². The van der Waals surface area contributed by atoms with Crippen LogP contribution >= 0.6 is 11.6 Å². The van der Waals surface area contributed by atoms with E-state index in [4.69, 9.17) is 21.1 Å². The normalized spacial score (nSPS) is 11.3. The molecular weight excluding hydrogens is 562 g/mol. The number of nitrogens with zero attached hydrogens (tertiary/aromatic N) is 2. The predicted octanol–water partition coefficient (Wildman–Crippen LogP) is 5.97. The fourth-order valence-corrected chi connectivity index (χ4v) is 5.45. The van der Waals surface area contributed by atoms with Crippen LogP contribution in [-0.4, -0.2) is 33.7 Å².